The van der Waals surface area contributed by atoms with Gasteiger partial charge in [0.1, 0.15) is 5.78 Å². The summed E-state index contributed by atoms with van der Waals surface area (Å²) in [5.74, 6) is 0.326. The lowest BCUT2D eigenvalue weighted by Crippen LogP contribution is -2.25. The summed E-state index contributed by atoms with van der Waals surface area (Å²) in [4.78, 5) is 11.6. The maximum Gasteiger partial charge on any atom is 0.137 e. The SMILES string of the molecule is CC(=CCO)/C=C/C1=C(C)CC(=O)CC1(C)C. The number of carbonyl (C=O) groups excluding carboxylic acids is 1. The number of aliphatic hydroxyl groups excluding tert-OH is 1. The van der Waals surface area contributed by atoms with Crippen molar-refractivity contribution in [1.82, 2.24) is 0 Å². The molecule has 0 atom stereocenters. The molecule has 1 aliphatic carbocycles. The maximum absolute atomic E-state index is 11.6. The molecule has 0 unspecified atom stereocenters. The monoisotopic (exact) mass is 234 g/mol. The Morgan fingerprint density at radius 1 is 1.47 bits per heavy atom. The molecule has 0 aliphatic heterocycles. The molecule has 2 nitrogen and oxygen atoms in total. The van der Waals surface area contributed by atoms with Crippen molar-refractivity contribution in [3.05, 3.63) is 34.9 Å². The molecule has 17 heavy (non-hydrogen) atoms. The maximum atomic E-state index is 11.6. The molecular weight excluding hydrogens is 212 g/mol. The van der Waals surface area contributed by atoms with E-state index in [9.17, 15) is 4.79 Å². The van der Waals surface area contributed by atoms with E-state index in [1.807, 2.05) is 19.9 Å². The molecule has 1 rings (SSSR count). The van der Waals surface area contributed by atoms with Crippen LogP contribution in [0, 0.1) is 5.41 Å². The lowest BCUT2D eigenvalue weighted by Gasteiger charge is -2.32. The van der Waals surface area contributed by atoms with E-state index in [1.54, 1.807) is 6.08 Å². The highest BCUT2D eigenvalue weighted by atomic mass is 16.2. The molecule has 0 aromatic rings. The van der Waals surface area contributed by atoms with E-state index in [0.29, 0.717) is 18.6 Å². The van der Waals surface area contributed by atoms with Crippen LogP contribution in [-0.4, -0.2) is 17.5 Å². The Bertz CT molecular complexity index is 395. The van der Waals surface area contributed by atoms with E-state index in [2.05, 4.69) is 19.9 Å². The standard InChI is InChI=1S/C15H22O2/c1-11(7-8-16)5-6-14-12(2)9-13(17)10-15(14,3)4/h5-7,16H,8-10H2,1-4H3/b6-5+,11-7?. The molecule has 94 valence electrons. The van der Waals surface area contributed by atoms with Crippen molar-refractivity contribution >= 4 is 5.78 Å². The van der Waals surface area contributed by atoms with Crippen LogP contribution in [-0.2, 0) is 4.79 Å². The average Bonchev–Trinajstić information content (AvgIpc) is 2.14. The van der Waals surface area contributed by atoms with Gasteiger partial charge in [-0.05, 0) is 24.8 Å². The number of allylic oxidation sites excluding steroid dienone is 5. The van der Waals surface area contributed by atoms with Gasteiger partial charge in [-0.2, -0.15) is 0 Å². The summed E-state index contributed by atoms with van der Waals surface area (Å²) in [6.45, 7) is 8.28. The largest absolute Gasteiger partial charge is 0.392 e. The van der Waals surface area contributed by atoms with Gasteiger partial charge >= 0.3 is 0 Å². The number of aliphatic hydroxyl groups is 1. The average molecular weight is 234 g/mol. The smallest absolute Gasteiger partial charge is 0.137 e. The summed E-state index contributed by atoms with van der Waals surface area (Å²) in [5.41, 5.74) is 3.39. The summed E-state index contributed by atoms with van der Waals surface area (Å²) in [6.07, 6.45) is 7.06. The lowest BCUT2D eigenvalue weighted by molar-refractivity contribution is -0.120. The predicted octanol–water partition coefficient (Wildman–Crippen LogP) is 3.19. The van der Waals surface area contributed by atoms with Gasteiger partial charge in [-0.25, -0.2) is 0 Å². The van der Waals surface area contributed by atoms with Gasteiger partial charge < -0.3 is 5.11 Å². The van der Waals surface area contributed by atoms with Crippen LogP contribution in [0.3, 0.4) is 0 Å². The molecule has 0 aromatic heterocycles. The first kappa shape index (κ1) is 13.9. The second-order valence-corrected chi connectivity index (χ2v) is 5.43. The van der Waals surface area contributed by atoms with Crippen LogP contribution in [0.2, 0.25) is 0 Å². The van der Waals surface area contributed by atoms with Crippen LogP contribution in [0.4, 0.5) is 0 Å². The van der Waals surface area contributed by atoms with Gasteiger partial charge in [0.2, 0.25) is 0 Å². The first-order valence-corrected chi connectivity index (χ1v) is 6.04. The summed E-state index contributed by atoms with van der Waals surface area (Å²) in [7, 11) is 0. The Morgan fingerprint density at radius 3 is 2.65 bits per heavy atom. The van der Waals surface area contributed by atoms with Crippen LogP contribution in [0.25, 0.3) is 0 Å². The first-order valence-electron chi connectivity index (χ1n) is 6.04. The molecule has 0 saturated carbocycles. The molecule has 0 bridgehead atoms. The zero-order valence-corrected chi connectivity index (χ0v) is 11.2. The Kier molecular flexibility index (Phi) is 4.47. The summed E-state index contributed by atoms with van der Waals surface area (Å²) in [5, 5.41) is 8.80. The Morgan fingerprint density at radius 2 is 2.12 bits per heavy atom. The molecule has 0 heterocycles. The van der Waals surface area contributed by atoms with E-state index in [0.717, 1.165) is 5.57 Å². The van der Waals surface area contributed by atoms with Crippen molar-refractivity contribution in [3.63, 3.8) is 0 Å². The van der Waals surface area contributed by atoms with Gasteiger partial charge in [0, 0.05) is 12.8 Å². The Hall–Kier alpha value is -1.15. The molecule has 0 spiro atoms. The normalized spacial score (nSPS) is 21.5. The van der Waals surface area contributed by atoms with Crippen molar-refractivity contribution in [2.45, 2.75) is 40.5 Å². The van der Waals surface area contributed by atoms with Gasteiger partial charge in [0.05, 0.1) is 6.61 Å². The van der Waals surface area contributed by atoms with Gasteiger partial charge in [0.25, 0.3) is 0 Å². The lowest BCUT2D eigenvalue weighted by atomic mass is 9.72. The van der Waals surface area contributed by atoms with Crippen molar-refractivity contribution in [2.75, 3.05) is 6.61 Å². The minimum atomic E-state index is -0.0740. The van der Waals surface area contributed by atoms with Gasteiger partial charge in [-0.3, -0.25) is 4.79 Å². The molecule has 1 N–H and O–H groups in total. The highest BCUT2D eigenvalue weighted by Gasteiger charge is 2.30. The molecular formula is C15H22O2. The van der Waals surface area contributed by atoms with Crippen LogP contribution in [0.15, 0.2) is 34.9 Å². The van der Waals surface area contributed by atoms with Crippen LogP contribution in [0.5, 0.6) is 0 Å². The van der Waals surface area contributed by atoms with E-state index in [1.165, 1.54) is 11.1 Å². The summed E-state index contributed by atoms with van der Waals surface area (Å²) >= 11 is 0. The van der Waals surface area contributed by atoms with E-state index < -0.39 is 0 Å². The summed E-state index contributed by atoms with van der Waals surface area (Å²) in [6, 6.07) is 0. The Balaban J connectivity index is 2.99. The highest BCUT2D eigenvalue weighted by molar-refractivity contribution is 5.84. The summed E-state index contributed by atoms with van der Waals surface area (Å²) < 4.78 is 0. The third kappa shape index (κ3) is 3.67. The topological polar surface area (TPSA) is 37.3 Å². The van der Waals surface area contributed by atoms with Crippen molar-refractivity contribution < 1.29 is 9.90 Å². The van der Waals surface area contributed by atoms with E-state index in [-0.39, 0.29) is 12.0 Å². The van der Waals surface area contributed by atoms with Crippen molar-refractivity contribution in [2.24, 2.45) is 5.41 Å². The number of rotatable bonds is 3. The van der Waals surface area contributed by atoms with Crippen molar-refractivity contribution in [1.29, 1.82) is 0 Å². The van der Waals surface area contributed by atoms with Gasteiger partial charge in [-0.1, -0.05) is 43.2 Å². The van der Waals surface area contributed by atoms with Gasteiger partial charge in [0.15, 0.2) is 0 Å². The minimum absolute atomic E-state index is 0.0656. The number of Topliss-reactive ketones (excluding diaryl/α,β-unsaturated/α-hetero) is 1. The number of hydrogen-bond acceptors (Lipinski definition) is 2. The molecule has 0 aromatic carbocycles. The molecule has 0 saturated heterocycles. The fraction of sp³-hybridized carbons (Fsp3) is 0.533. The third-order valence-corrected chi connectivity index (χ3v) is 3.22. The van der Waals surface area contributed by atoms with Crippen LogP contribution in [0.1, 0.15) is 40.5 Å². The first-order chi connectivity index (χ1) is 7.86. The zero-order chi connectivity index (χ0) is 13.1. The van der Waals surface area contributed by atoms with Gasteiger partial charge in [-0.15, -0.1) is 0 Å². The molecule has 1 aliphatic rings. The van der Waals surface area contributed by atoms with Crippen LogP contribution < -0.4 is 0 Å². The highest BCUT2D eigenvalue weighted by Crippen LogP contribution is 2.39. The van der Waals surface area contributed by atoms with E-state index >= 15 is 0 Å². The number of hydrogen-bond donors (Lipinski definition) is 1. The number of carbonyl (C=O) groups is 1. The second kappa shape index (κ2) is 5.46. The van der Waals surface area contributed by atoms with Crippen molar-refractivity contribution in [3.8, 4) is 0 Å². The quantitative estimate of drug-likeness (QED) is 0.761. The van der Waals surface area contributed by atoms with E-state index in [4.69, 9.17) is 5.11 Å². The fourth-order valence-corrected chi connectivity index (χ4v) is 2.41. The third-order valence-electron chi connectivity index (χ3n) is 3.22. The zero-order valence-electron chi connectivity index (χ0n) is 11.2. The number of ketones is 1. The van der Waals surface area contributed by atoms with Crippen LogP contribution >= 0.6 is 0 Å². The minimum Gasteiger partial charge on any atom is -0.392 e. The molecule has 0 fully saturated rings. The predicted molar refractivity (Wildman–Crippen MR) is 70.7 cm³/mol. The molecule has 0 radical (unpaired) electrons. The fourth-order valence-electron chi connectivity index (χ4n) is 2.41. The Labute approximate surface area is 104 Å². The molecule has 2 heteroatoms. The second-order valence-electron chi connectivity index (χ2n) is 5.43. The molecule has 0 amide bonds.